The van der Waals surface area contributed by atoms with E-state index in [1.807, 2.05) is 25.3 Å². The van der Waals surface area contributed by atoms with Crippen LogP contribution in [-0.4, -0.2) is 53.2 Å². The van der Waals surface area contributed by atoms with Gasteiger partial charge in [0.25, 0.3) is 0 Å². The number of hydrogen-bond acceptors (Lipinski definition) is 4. The Morgan fingerprint density at radius 1 is 1.54 bits per heavy atom. The van der Waals surface area contributed by atoms with E-state index < -0.39 is 0 Å². The number of H-pyrrole nitrogens is 1. The number of halogens is 1. The molecule has 0 aliphatic carbocycles. The predicted octanol–water partition coefficient (Wildman–Crippen LogP) is 2.70. The van der Waals surface area contributed by atoms with Crippen LogP contribution in [0.5, 0.6) is 0 Å². The van der Waals surface area contributed by atoms with Gasteiger partial charge in [0, 0.05) is 33.6 Å². The first-order chi connectivity index (χ1) is 11.2. The Kier molecular flexibility index (Phi) is 9.13. The monoisotopic (exact) mass is 444 g/mol. The highest BCUT2D eigenvalue weighted by atomic mass is 127. The van der Waals surface area contributed by atoms with Crippen molar-refractivity contribution in [2.24, 2.45) is 4.99 Å². The summed E-state index contributed by atoms with van der Waals surface area (Å²) in [7, 11) is 3.82. The maximum atomic E-state index is 5.28. The fourth-order valence-electron chi connectivity index (χ4n) is 2.18. The van der Waals surface area contributed by atoms with Gasteiger partial charge in [0.2, 0.25) is 5.82 Å². The molecule has 2 rings (SSSR count). The van der Waals surface area contributed by atoms with Crippen LogP contribution in [0.15, 0.2) is 40.5 Å². The van der Waals surface area contributed by atoms with E-state index in [0.717, 1.165) is 44.1 Å². The van der Waals surface area contributed by atoms with Crippen molar-refractivity contribution in [2.45, 2.75) is 19.3 Å². The Bertz CT molecular complexity index is 622. The number of aliphatic imine (C=N–C) groups is 1. The number of rotatable bonds is 8. The van der Waals surface area contributed by atoms with Crippen LogP contribution in [0.2, 0.25) is 0 Å². The van der Waals surface area contributed by atoms with E-state index in [1.54, 1.807) is 13.3 Å². The van der Waals surface area contributed by atoms with Crippen molar-refractivity contribution >= 4 is 29.9 Å². The van der Waals surface area contributed by atoms with Crippen molar-refractivity contribution in [3.05, 3.63) is 36.9 Å². The van der Waals surface area contributed by atoms with Crippen LogP contribution < -0.4 is 5.32 Å². The first-order valence-electron chi connectivity index (χ1n) is 7.72. The molecule has 8 heteroatoms. The first-order valence-corrected chi connectivity index (χ1v) is 7.72. The van der Waals surface area contributed by atoms with E-state index in [0.29, 0.717) is 11.6 Å². The number of aromatic amines is 1. The largest absolute Gasteiger partial charge is 0.461 e. The number of nitrogens with one attached hydrogen (secondary N) is 2. The van der Waals surface area contributed by atoms with E-state index in [1.165, 1.54) is 0 Å². The lowest BCUT2D eigenvalue weighted by atomic mass is 10.3. The fourth-order valence-corrected chi connectivity index (χ4v) is 2.18. The molecule has 2 aromatic rings. The molecule has 0 fully saturated rings. The quantitative estimate of drug-likeness (QED) is 0.215. The Hall–Kier alpha value is -1.84. The van der Waals surface area contributed by atoms with E-state index in [9.17, 15) is 0 Å². The molecule has 132 valence electrons. The summed E-state index contributed by atoms with van der Waals surface area (Å²) in [6.45, 7) is 5.41. The van der Waals surface area contributed by atoms with Crippen LogP contribution in [-0.2, 0) is 6.42 Å². The number of furan rings is 1. The smallest absolute Gasteiger partial charge is 0.216 e. The van der Waals surface area contributed by atoms with Crippen molar-refractivity contribution in [1.29, 1.82) is 0 Å². The van der Waals surface area contributed by atoms with Gasteiger partial charge >= 0.3 is 0 Å². The molecule has 2 N–H and O–H groups in total. The lowest BCUT2D eigenvalue weighted by Crippen LogP contribution is -2.40. The number of aromatic nitrogens is 3. The standard InChI is InChI=1S/C16H24N6O.HI/c1-4-5-6-11-22(3)16(17-2)18-10-9-14-19-15(21-20-14)13-8-7-12-23-13;/h4,7-8,12H,1,5-6,9-11H2,2-3H3,(H,17,18)(H,19,20,21);1H. The van der Waals surface area contributed by atoms with Crippen LogP contribution in [0.1, 0.15) is 18.7 Å². The molecule has 0 atom stereocenters. The third-order valence-electron chi connectivity index (χ3n) is 3.39. The minimum absolute atomic E-state index is 0. The summed E-state index contributed by atoms with van der Waals surface area (Å²) >= 11 is 0. The molecule has 24 heavy (non-hydrogen) atoms. The zero-order chi connectivity index (χ0) is 16.5. The van der Waals surface area contributed by atoms with E-state index >= 15 is 0 Å². The maximum Gasteiger partial charge on any atom is 0.216 e. The summed E-state index contributed by atoms with van der Waals surface area (Å²) in [4.78, 5) is 10.8. The van der Waals surface area contributed by atoms with Gasteiger partial charge in [0.05, 0.1) is 6.26 Å². The predicted molar refractivity (Wildman–Crippen MR) is 107 cm³/mol. The summed E-state index contributed by atoms with van der Waals surface area (Å²) in [5, 5.41) is 10.4. The summed E-state index contributed by atoms with van der Waals surface area (Å²) in [6.07, 6.45) is 6.35. The van der Waals surface area contributed by atoms with Gasteiger partial charge in [0.15, 0.2) is 11.7 Å². The summed E-state index contributed by atoms with van der Waals surface area (Å²) in [6, 6.07) is 3.66. The van der Waals surface area contributed by atoms with Gasteiger partial charge in [-0.2, -0.15) is 5.10 Å². The second-order valence-electron chi connectivity index (χ2n) is 5.16. The molecule has 0 bridgehead atoms. The van der Waals surface area contributed by atoms with Crippen LogP contribution in [0.25, 0.3) is 11.6 Å². The maximum absolute atomic E-state index is 5.28. The van der Waals surface area contributed by atoms with E-state index in [2.05, 4.69) is 37.0 Å². The number of hydrogen-bond donors (Lipinski definition) is 2. The van der Waals surface area contributed by atoms with Gasteiger partial charge in [-0.05, 0) is 25.0 Å². The number of unbranched alkanes of at least 4 members (excludes halogenated alkanes) is 1. The molecule has 0 spiro atoms. The second kappa shape index (κ2) is 10.8. The molecule has 0 radical (unpaired) electrons. The average Bonchev–Trinajstić information content (AvgIpc) is 3.22. The highest BCUT2D eigenvalue weighted by Gasteiger charge is 2.09. The number of guanidine groups is 1. The molecule has 0 amide bonds. The van der Waals surface area contributed by atoms with Gasteiger partial charge in [-0.25, -0.2) is 4.98 Å². The molecule has 0 unspecified atom stereocenters. The Balaban J connectivity index is 0.00000288. The molecular weight excluding hydrogens is 419 g/mol. The molecule has 2 heterocycles. The molecule has 0 aliphatic rings. The Morgan fingerprint density at radius 2 is 2.38 bits per heavy atom. The van der Waals surface area contributed by atoms with E-state index in [-0.39, 0.29) is 24.0 Å². The lowest BCUT2D eigenvalue weighted by Gasteiger charge is -2.21. The molecule has 0 saturated heterocycles. The van der Waals surface area contributed by atoms with Crippen molar-refractivity contribution in [2.75, 3.05) is 27.2 Å². The van der Waals surface area contributed by atoms with Crippen LogP contribution in [0, 0.1) is 0 Å². The highest BCUT2D eigenvalue weighted by molar-refractivity contribution is 14.0. The molecule has 0 aliphatic heterocycles. The SMILES string of the molecule is C=CCCCN(C)C(=NC)NCCc1nc(-c2ccco2)n[nH]1.I. The van der Waals surface area contributed by atoms with Gasteiger partial charge in [-0.15, -0.1) is 30.6 Å². The molecule has 0 saturated carbocycles. The Labute approximate surface area is 159 Å². The number of allylic oxidation sites excluding steroid dienone is 1. The third kappa shape index (κ3) is 5.99. The fraction of sp³-hybridized carbons (Fsp3) is 0.438. The van der Waals surface area contributed by atoms with Crippen LogP contribution >= 0.6 is 24.0 Å². The van der Waals surface area contributed by atoms with Crippen LogP contribution in [0.3, 0.4) is 0 Å². The highest BCUT2D eigenvalue weighted by Crippen LogP contribution is 2.14. The minimum Gasteiger partial charge on any atom is -0.461 e. The molecule has 2 aromatic heterocycles. The van der Waals surface area contributed by atoms with Crippen LogP contribution in [0.4, 0.5) is 0 Å². The van der Waals surface area contributed by atoms with E-state index in [4.69, 9.17) is 4.42 Å². The zero-order valence-electron chi connectivity index (χ0n) is 14.2. The number of nitrogens with zero attached hydrogens (tertiary/aromatic N) is 4. The Morgan fingerprint density at radius 3 is 3.04 bits per heavy atom. The summed E-state index contributed by atoms with van der Waals surface area (Å²) in [5.41, 5.74) is 0. The van der Waals surface area contributed by atoms with Gasteiger partial charge < -0.3 is 14.6 Å². The van der Waals surface area contributed by atoms with Gasteiger partial charge in [-0.3, -0.25) is 10.1 Å². The third-order valence-corrected chi connectivity index (χ3v) is 3.39. The molecule has 0 aromatic carbocycles. The normalized spacial score (nSPS) is 11.0. The lowest BCUT2D eigenvalue weighted by molar-refractivity contribution is 0.470. The van der Waals surface area contributed by atoms with Gasteiger partial charge in [0.1, 0.15) is 5.82 Å². The average molecular weight is 444 g/mol. The van der Waals surface area contributed by atoms with Crippen molar-refractivity contribution in [3.63, 3.8) is 0 Å². The summed E-state index contributed by atoms with van der Waals surface area (Å²) < 4.78 is 5.28. The van der Waals surface area contributed by atoms with Gasteiger partial charge in [-0.1, -0.05) is 6.08 Å². The minimum atomic E-state index is 0. The zero-order valence-corrected chi connectivity index (χ0v) is 16.5. The van der Waals surface area contributed by atoms with Crippen molar-refractivity contribution < 1.29 is 4.42 Å². The molecular formula is C16H25IN6O. The topological polar surface area (TPSA) is 82.3 Å². The first kappa shape index (κ1) is 20.2. The second-order valence-corrected chi connectivity index (χ2v) is 5.16. The van der Waals surface area contributed by atoms with Crippen molar-refractivity contribution in [1.82, 2.24) is 25.4 Å². The summed E-state index contributed by atoms with van der Waals surface area (Å²) in [5.74, 6) is 2.93. The molecule has 7 nitrogen and oxygen atoms in total. The van der Waals surface area contributed by atoms with Crippen molar-refractivity contribution in [3.8, 4) is 11.6 Å².